The van der Waals surface area contributed by atoms with Gasteiger partial charge in [0, 0.05) is 12.6 Å². The molecule has 0 amide bonds. The smallest absolute Gasteiger partial charge is 0.0777 e. The van der Waals surface area contributed by atoms with Gasteiger partial charge in [-0.1, -0.05) is 18.2 Å². The number of halogens is 1. The van der Waals surface area contributed by atoms with Crippen molar-refractivity contribution < 1.29 is 28.9 Å². The highest BCUT2D eigenvalue weighted by Crippen LogP contribution is 2.22. The molecule has 1 aliphatic rings. The molecule has 76 valence electrons. The van der Waals surface area contributed by atoms with Crippen LogP contribution in [0, 0.1) is 10.2 Å². The molecule has 0 saturated heterocycles. The van der Waals surface area contributed by atoms with Gasteiger partial charge in [-0.25, -0.2) is 0 Å². The summed E-state index contributed by atoms with van der Waals surface area (Å²) in [6, 6.07) is 8.22. The highest BCUT2D eigenvalue weighted by Gasteiger charge is 2.01. The van der Waals surface area contributed by atoms with Crippen LogP contribution < -0.4 is 14.0 Å². The van der Waals surface area contributed by atoms with E-state index in [-0.39, 0.29) is 0 Å². The van der Waals surface area contributed by atoms with Crippen LogP contribution >= 0.6 is 0 Å². The van der Waals surface area contributed by atoms with Crippen molar-refractivity contribution in [2.45, 2.75) is 6.42 Å². The van der Waals surface area contributed by atoms with Crippen molar-refractivity contribution in [3.05, 3.63) is 29.8 Å². The normalized spacial score (nSPS) is 13.1. The van der Waals surface area contributed by atoms with Gasteiger partial charge in [-0.2, -0.15) is 14.0 Å². The molecule has 0 bridgehead atoms. The molecule has 0 fully saturated rings. The van der Waals surface area contributed by atoms with Crippen molar-refractivity contribution >= 4 is 11.9 Å². The Bertz CT molecular complexity index is 328. The third-order valence-corrected chi connectivity index (χ3v) is 1.53. The molecular weight excluding hydrogens is 210 g/mol. The fraction of sp³-hybridized carbons (Fsp3) is 0.125. The van der Waals surface area contributed by atoms with E-state index in [0.29, 0.717) is 0 Å². The fourth-order valence-corrected chi connectivity index (χ4v) is 1.05. The summed E-state index contributed by atoms with van der Waals surface area (Å²) < 4.78 is 32.7. The second-order valence-electron chi connectivity index (χ2n) is 2.54. The monoisotopic (exact) mass is 217 g/mol. The summed E-state index contributed by atoms with van der Waals surface area (Å²) in [7, 11) is -4.69. The molecule has 0 radical (unpaired) electrons. The van der Waals surface area contributed by atoms with E-state index < -0.39 is 10.2 Å². The largest absolute Gasteiger partial charge is 0.261 e. The van der Waals surface area contributed by atoms with Gasteiger partial charge in [0.15, 0.2) is 0 Å². The van der Waals surface area contributed by atoms with E-state index in [2.05, 4.69) is 11.1 Å². The van der Waals surface area contributed by atoms with Crippen molar-refractivity contribution in [1.29, 1.82) is 0 Å². The lowest BCUT2D eigenvalue weighted by Gasteiger charge is -2.03. The van der Waals surface area contributed by atoms with Crippen LogP contribution in [-0.2, 0) is 6.42 Å². The zero-order valence-electron chi connectivity index (χ0n) is 7.09. The number of para-hydroxylation sites is 1. The third-order valence-electron chi connectivity index (χ3n) is 1.53. The average Bonchev–Trinajstić information content (AvgIpc) is 2.47. The first-order valence-electron chi connectivity index (χ1n) is 3.70. The molecule has 0 aliphatic carbocycles. The Balaban J connectivity index is 0.000000171. The van der Waals surface area contributed by atoms with Crippen LogP contribution in [-0.4, -0.2) is 10.9 Å². The summed E-state index contributed by atoms with van der Waals surface area (Å²) in [4.78, 5) is 4.17. The Labute approximate surface area is 82.7 Å². The predicted octanol–water partition coefficient (Wildman–Crippen LogP) is -2.18. The zero-order valence-corrected chi connectivity index (χ0v) is 7.85. The molecule has 0 unspecified atom stereocenters. The standard InChI is InChI=1S/C8H7N.ClHO4/c1-2-4-8-7(3-1)5-6-9-8;2-1(3,4)5/h1-4,6H,5H2;(H,2,3,4,5). The van der Waals surface area contributed by atoms with Crippen LogP contribution in [0.4, 0.5) is 5.69 Å². The summed E-state index contributed by atoms with van der Waals surface area (Å²) in [5.41, 5.74) is 2.48. The van der Waals surface area contributed by atoms with E-state index in [1.165, 1.54) is 5.56 Å². The number of rotatable bonds is 0. The molecule has 5 nitrogen and oxygen atoms in total. The molecule has 1 aromatic rings. The molecular formula is C8H8ClNO4. The predicted molar refractivity (Wildman–Crippen MR) is 40.5 cm³/mol. The van der Waals surface area contributed by atoms with Gasteiger partial charge in [0.1, 0.15) is 0 Å². The van der Waals surface area contributed by atoms with E-state index >= 15 is 0 Å². The van der Waals surface area contributed by atoms with Crippen LogP contribution in [0.1, 0.15) is 5.56 Å². The number of hydrogen-bond acceptors (Lipinski definition) is 5. The highest BCUT2D eigenvalue weighted by molar-refractivity contribution is 5.75. The molecule has 1 heterocycles. The second-order valence-corrected chi connectivity index (χ2v) is 3.33. The molecule has 6 heteroatoms. The van der Waals surface area contributed by atoms with Gasteiger partial charge in [0.05, 0.1) is 20.6 Å². The van der Waals surface area contributed by atoms with E-state index in [1.54, 1.807) is 0 Å². The lowest BCUT2D eigenvalue weighted by Crippen LogP contribution is -2.58. The first kappa shape index (κ1) is 11.1. The van der Waals surface area contributed by atoms with E-state index in [0.717, 1.165) is 12.1 Å². The van der Waals surface area contributed by atoms with Gasteiger partial charge < -0.3 is 0 Å². The second kappa shape index (κ2) is 4.50. The average molecular weight is 218 g/mol. The summed E-state index contributed by atoms with van der Waals surface area (Å²) >= 11 is 0. The lowest BCUT2D eigenvalue weighted by atomic mass is 10.2. The van der Waals surface area contributed by atoms with Gasteiger partial charge in [-0.05, 0) is 11.6 Å². The number of benzene rings is 1. The van der Waals surface area contributed by atoms with Crippen molar-refractivity contribution in [3.8, 4) is 0 Å². The Hall–Kier alpha value is -0.980. The van der Waals surface area contributed by atoms with Gasteiger partial charge in [0.25, 0.3) is 0 Å². The SMILES string of the molecule is C1=Nc2ccccc2C1.[O-][Cl+3]([O-])([O-])O. The van der Waals surface area contributed by atoms with Crippen molar-refractivity contribution in [1.82, 2.24) is 0 Å². The van der Waals surface area contributed by atoms with Crippen LogP contribution in [0.3, 0.4) is 0 Å². The maximum atomic E-state index is 8.60. The number of fused-ring (bicyclic) bond motifs is 1. The summed E-state index contributed by atoms with van der Waals surface area (Å²) in [6.07, 6.45) is 2.96. The van der Waals surface area contributed by atoms with E-state index in [9.17, 15) is 0 Å². The van der Waals surface area contributed by atoms with E-state index in [4.69, 9.17) is 18.6 Å². The molecule has 2 rings (SSSR count). The van der Waals surface area contributed by atoms with E-state index in [1.807, 2.05) is 24.4 Å². The summed E-state index contributed by atoms with van der Waals surface area (Å²) in [5.74, 6) is 0. The Morgan fingerprint density at radius 3 is 2.36 bits per heavy atom. The third kappa shape index (κ3) is 4.31. The molecule has 0 atom stereocenters. The number of nitrogens with zero attached hydrogens (tertiary/aromatic N) is 1. The maximum Gasteiger partial charge on any atom is 0.0777 e. The van der Waals surface area contributed by atoms with Crippen molar-refractivity contribution in [3.63, 3.8) is 0 Å². The van der Waals surface area contributed by atoms with Crippen LogP contribution in [0.15, 0.2) is 29.3 Å². The molecule has 0 spiro atoms. The minimum atomic E-state index is -4.69. The molecule has 0 aromatic heterocycles. The fourth-order valence-electron chi connectivity index (χ4n) is 1.05. The van der Waals surface area contributed by atoms with Crippen LogP contribution in [0.5, 0.6) is 0 Å². The van der Waals surface area contributed by atoms with Crippen molar-refractivity contribution in [2.24, 2.45) is 4.99 Å². The molecule has 1 aliphatic heterocycles. The van der Waals surface area contributed by atoms with Gasteiger partial charge in [0.2, 0.25) is 0 Å². The summed E-state index contributed by atoms with van der Waals surface area (Å²) in [5, 5.41) is 0. The minimum Gasteiger partial charge on any atom is -0.261 e. The highest BCUT2D eigenvalue weighted by atomic mass is 35.7. The molecule has 1 N–H and O–H groups in total. The number of hydrogen-bond donors (Lipinski definition) is 1. The molecule has 1 aromatic carbocycles. The Kier molecular flexibility index (Phi) is 3.56. The Morgan fingerprint density at radius 1 is 1.21 bits per heavy atom. The topological polar surface area (TPSA) is 102 Å². The van der Waals surface area contributed by atoms with Crippen molar-refractivity contribution in [2.75, 3.05) is 0 Å². The van der Waals surface area contributed by atoms with Crippen LogP contribution in [0.2, 0.25) is 0 Å². The minimum absolute atomic E-state index is 1.01. The van der Waals surface area contributed by atoms with Crippen LogP contribution in [0.25, 0.3) is 0 Å². The van der Waals surface area contributed by atoms with Gasteiger partial charge in [-0.3, -0.25) is 4.99 Å². The maximum absolute atomic E-state index is 8.60. The summed E-state index contributed by atoms with van der Waals surface area (Å²) in [6.45, 7) is 0. The molecule has 0 saturated carbocycles. The lowest BCUT2D eigenvalue weighted by molar-refractivity contribution is -1.92. The Morgan fingerprint density at radius 2 is 1.79 bits per heavy atom. The molecule has 14 heavy (non-hydrogen) atoms. The van der Waals surface area contributed by atoms with Gasteiger partial charge in [-0.15, -0.1) is 0 Å². The number of aliphatic imine (C=N–C) groups is 1. The first-order valence-corrected chi connectivity index (χ1v) is 4.97. The zero-order chi connectivity index (χ0) is 10.6. The first-order chi connectivity index (χ1) is 6.47. The quantitative estimate of drug-likeness (QED) is 0.534. The van der Waals surface area contributed by atoms with Gasteiger partial charge >= 0.3 is 0 Å².